The van der Waals surface area contributed by atoms with E-state index in [4.69, 9.17) is 15.0 Å². The molecule has 57 heavy (non-hydrogen) atoms. The minimum atomic E-state index is 0.622. The van der Waals surface area contributed by atoms with Crippen LogP contribution in [0.15, 0.2) is 194 Å². The smallest absolute Gasteiger partial charge is 0.166 e. The van der Waals surface area contributed by atoms with E-state index in [2.05, 4.69) is 174 Å². The summed E-state index contributed by atoms with van der Waals surface area (Å²) in [4.78, 5) is 15.7. The summed E-state index contributed by atoms with van der Waals surface area (Å²) in [7, 11) is 0. The van der Waals surface area contributed by atoms with Crippen molar-refractivity contribution in [3.05, 3.63) is 194 Å². The maximum Gasteiger partial charge on any atom is 0.166 e. The van der Waals surface area contributed by atoms with Crippen molar-refractivity contribution < 1.29 is 0 Å². The molecular formula is C53H32N4. The van der Waals surface area contributed by atoms with Gasteiger partial charge in [-0.2, -0.15) is 0 Å². The van der Waals surface area contributed by atoms with E-state index in [1.807, 2.05) is 24.3 Å². The van der Waals surface area contributed by atoms with E-state index in [1.54, 1.807) is 0 Å². The van der Waals surface area contributed by atoms with Crippen LogP contribution in [-0.2, 0) is 0 Å². The molecule has 0 radical (unpaired) electrons. The average molecular weight is 725 g/mol. The summed E-state index contributed by atoms with van der Waals surface area (Å²) in [5.41, 5.74) is 13.4. The lowest BCUT2D eigenvalue weighted by Crippen LogP contribution is -2.04. The third-order valence-electron chi connectivity index (χ3n) is 11.6. The zero-order valence-electron chi connectivity index (χ0n) is 30.8. The second-order valence-electron chi connectivity index (χ2n) is 14.8. The highest BCUT2D eigenvalue weighted by Gasteiger charge is 2.26. The van der Waals surface area contributed by atoms with Gasteiger partial charge in [0.2, 0.25) is 0 Å². The molecule has 0 atom stereocenters. The lowest BCUT2D eigenvalue weighted by molar-refractivity contribution is 1.07. The lowest BCUT2D eigenvalue weighted by atomic mass is 9.93. The van der Waals surface area contributed by atoms with Crippen LogP contribution < -0.4 is 0 Å². The van der Waals surface area contributed by atoms with Crippen LogP contribution >= 0.6 is 0 Å². The van der Waals surface area contributed by atoms with Crippen LogP contribution in [-0.4, -0.2) is 19.5 Å². The van der Waals surface area contributed by atoms with Crippen molar-refractivity contribution in [2.45, 2.75) is 0 Å². The molecule has 11 aromatic rings. The Kier molecular flexibility index (Phi) is 6.89. The van der Waals surface area contributed by atoms with Crippen LogP contribution in [0.4, 0.5) is 0 Å². The Bertz CT molecular complexity index is 3380. The first-order valence-electron chi connectivity index (χ1n) is 19.4. The van der Waals surface area contributed by atoms with Gasteiger partial charge in [-0.3, -0.25) is 0 Å². The van der Waals surface area contributed by atoms with Gasteiger partial charge in [0, 0.05) is 27.5 Å². The van der Waals surface area contributed by atoms with Gasteiger partial charge in [-0.1, -0.05) is 170 Å². The molecule has 0 saturated carbocycles. The Morgan fingerprint density at radius 1 is 0.281 bits per heavy atom. The Morgan fingerprint density at radius 3 is 1.49 bits per heavy atom. The summed E-state index contributed by atoms with van der Waals surface area (Å²) in [6.07, 6.45) is 0. The Morgan fingerprint density at radius 2 is 0.772 bits per heavy atom. The molecule has 0 saturated heterocycles. The third kappa shape index (κ3) is 4.91. The highest BCUT2D eigenvalue weighted by molar-refractivity contribution is 6.30. The van der Waals surface area contributed by atoms with Crippen LogP contribution in [0.3, 0.4) is 0 Å². The minimum absolute atomic E-state index is 0.622. The van der Waals surface area contributed by atoms with E-state index in [9.17, 15) is 0 Å². The predicted octanol–water partition coefficient (Wildman–Crippen LogP) is 13.6. The molecule has 0 unspecified atom stereocenters. The first kappa shape index (κ1) is 31.6. The molecule has 9 aromatic carbocycles. The zero-order chi connectivity index (χ0) is 37.5. The van der Waals surface area contributed by atoms with Gasteiger partial charge in [0.25, 0.3) is 0 Å². The quantitative estimate of drug-likeness (QED) is 0.177. The fraction of sp³-hybridized carbons (Fsp3) is 0. The largest absolute Gasteiger partial charge is 0.308 e. The van der Waals surface area contributed by atoms with Crippen molar-refractivity contribution >= 4 is 43.4 Å². The third-order valence-corrected chi connectivity index (χ3v) is 11.6. The monoisotopic (exact) mass is 724 g/mol. The second kappa shape index (κ2) is 12.4. The van der Waals surface area contributed by atoms with Crippen LogP contribution in [0.2, 0.25) is 0 Å². The number of hydrogen-bond acceptors (Lipinski definition) is 3. The molecule has 1 aliphatic carbocycles. The van der Waals surface area contributed by atoms with Crippen molar-refractivity contribution in [2.75, 3.05) is 0 Å². The first-order valence-corrected chi connectivity index (χ1v) is 19.4. The maximum atomic E-state index is 5.33. The number of aromatic nitrogens is 4. The average Bonchev–Trinajstić information content (AvgIpc) is 3.57. The molecular weight excluding hydrogens is 693 g/mol. The molecule has 0 bridgehead atoms. The molecule has 2 aromatic heterocycles. The fourth-order valence-electron chi connectivity index (χ4n) is 8.96. The second-order valence-corrected chi connectivity index (χ2v) is 14.8. The van der Waals surface area contributed by atoms with Crippen molar-refractivity contribution in [3.63, 3.8) is 0 Å². The number of rotatable bonds is 5. The summed E-state index contributed by atoms with van der Waals surface area (Å²) in [5.74, 6) is 1.88. The number of benzene rings is 9. The standard InChI is InChI=1S/C53H32N4/c1-3-13-33(14-4-1)34-25-27-37(28-26-34)52-54-51(36-15-5-2-6-16-36)55-53(56-52)44-31-38-17-7-8-18-39(38)32-47(44)57-45-24-12-23-43-41-21-10-9-20-40(41)42-22-11-19-35-29-30-46(57)50(48(35)42)49(43)45/h1-32H. The van der Waals surface area contributed by atoms with Gasteiger partial charge >= 0.3 is 0 Å². The Balaban J connectivity index is 1.16. The van der Waals surface area contributed by atoms with Gasteiger partial charge in [0.1, 0.15) is 0 Å². The summed E-state index contributed by atoms with van der Waals surface area (Å²) < 4.78 is 2.44. The summed E-state index contributed by atoms with van der Waals surface area (Å²) in [6, 6.07) is 69.2. The van der Waals surface area contributed by atoms with Crippen molar-refractivity contribution in [2.24, 2.45) is 0 Å². The highest BCUT2D eigenvalue weighted by atomic mass is 15.1. The van der Waals surface area contributed by atoms with Gasteiger partial charge in [0.05, 0.1) is 16.7 Å². The van der Waals surface area contributed by atoms with E-state index in [0.717, 1.165) is 49.7 Å². The van der Waals surface area contributed by atoms with E-state index >= 15 is 0 Å². The molecule has 4 heteroatoms. The van der Waals surface area contributed by atoms with Crippen LogP contribution in [0.1, 0.15) is 0 Å². The molecule has 0 N–H and O–H groups in total. The van der Waals surface area contributed by atoms with Crippen molar-refractivity contribution in [3.8, 4) is 73.2 Å². The molecule has 0 amide bonds. The van der Waals surface area contributed by atoms with Gasteiger partial charge in [0.15, 0.2) is 17.5 Å². The van der Waals surface area contributed by atoms with Crippen molar-refractivity contribution in [1.82, 2.24) is 19.5 Å². The van der Waals surface area contributed by atoms with Gasteiger partial charge in [-0.05, 0) is 79.2 Å². The van der Waals surface area contributed by atoms with E-state index < -0.39 is 0 Å². The van der Waals surface area contributed by atoms with E-state index in [1.165, 1.54) is 49.4 Å². The number of fused-ring (bicyclic) bond motifs is 4. The van der Waals surface area contributed by atoms with Gasteiger partial charge in [-0.15, -0.1) is 0 Å². The molecule has 0 fully saturated rings. The van der Waals surface area contributed by atoms with Crippen LogP contribution in [0.5, 0.6) is 0 Å². The van der Waals surface area contributed by atoms with Crippen molar-refractivity contribution in [1.29, 1.82) is 0 Å². The van der Waals surface area contributed by atoms with Crippen LogP contribution in [0.25, 0.3) is 117 Å². The zero-order valence-corrected chi connectivity index (χ0v) is 30.8. The van der Waals surface area contributed by atoms with E-state index in [-0.39, 0.29) is 0 Å². The molecule has 4 nitrogen and oxygen atoms in total. The Labute approximate surface area is 329 Å². The molecule has 0 aliphatic heterocycles. The van der Waals surface area contributed by atoms with E-state index in [0.29, 0.717) is 17.5 Å². The maximum absolute atomic E-state index is 5.33. The summed E-state index contributed by atoms with van der Waals surface area (Å²) in [5, 5.41) is 7.31. The molecule has 264 valence electrons. The molecule has 0 spiro atoms. The SMILES string of the molecule is c1ccc(-c2ccc(-c3nc(-c4ccccc4)nc(-c4cc5ccccc5cc4-n4c5cccc6c5c5c7c(cccc7ccc54)-c4ccccc4-6)n3)cc2)cc1. The Hall–Kier alpha value is -7.69. The van der Waals surface area contributed by atoms with Crippen LogP contribution in [0, 0.1) is 0 Å². The number of nitrogens with zero attached hydrogens (tertiary/aromatic N) is 4. The normalized spacial score (nSPS) is 11.9. The minimum Gasteiger partial charge on any atom is -0.308 e. The summed E-state index contributed by atoms with van der Waals surface area (Å²) >= 11 is 0. The fourth-order valence-corrected chi connectivity index (χ4v) is 8.96. The molecule has 2 heterocycles. The highest BCUT2D eigenvalue weighted by Crippen LogP contribution is 2.50. The number of hydrogen-bond donors (Lipinski definition) is 0. The van der Waals surface area contributed by atoms with Gasteiger partial charge in [-0.25, -0.2) is 15.0 Å². The van der Waals surface area contributed by atoms with Gasteiger partial charge < -0.3 is 4.57 Å². The first-order chi connectivity index (χ1) is 28.3. The lowest BCUT2D eigenvalue weighted by Gasteiger charge is -2.17. The molecule has 1 aliphatic rings. The predicted molar refractivity (Wildman–Crippen MR) is 235 cm³/mol. The summed E-state index contributed by atoms with van der Waals surface area (Å²) in [6.45, 7) is 0. The topological polar surface area (TPSA) is 43.6 Å². The molecule has 12 rings (SSSR count).